The maximum Gasteiger partial charge on any atom is 0.338 e. The van der Waals surface area contributed by atoms with Crippen LogP contribution in [0.2, 0.25) is 0 Å². The summed E-state index contributed by atoms with van der Waals surface area (Å²) in [6.07, 6.45) is 0.188. The fraction of sp³-hybridized carbons (Fsp3) is 0.417. The predicted octanol–water partition coefficient (Wildman–Crippen LogP) is 2.49. The molecule has 0 amide bonds. The van der Waals surface area contributed by atoms with Gasteiger partial charge in [0.1, 0.15) is 4.90 Å². The number of methoxy groups -OCH3 is 1. The van der Waals surface area contributed by atoms with Gasteiger partial charge in [-0.25, -0.2) is 17.6 Å². The molecule has 0 radical (unpaired) electrons. The minimum absolute atomic E-state index is 0.188. The molecule has 0 saturated carbocycles. The Morgan fingerprint density at radius 3 is 2.60 bits per heavy atom. The molecule has 0 aliphatic carbocycles. The van der Waals surface area contributed by atoms with Crippen molar-refractivity contribution in [3.63, 3.8) is 0 Å². The van der Waals surface area contributed by atoms with Crippen LogP contribution in [0.1, 0.15) is 23.7 Å². The van der Waals surface area contributed by atoms with Gasteiger partial charge < -0.3 is 9.84 Å². The van der Waals surface area contributed by atoms with Gasteiger partial charge in [-0.05, 0) is 25.5 Å². The molecule has 0 saturated heterocycles. The maximum absolute atomic E-state index is 14.1. The molecule has 1 atom stereocenters. The molecule has 0 aliphatic heterocycles. The molecule has 20 heavy (non-hydrogen) atoms. The average molecular weight is 369 g/mol. The highest BCUT2D eigenvalue weighted by Gasteiger charge is 2.29. The Morgan fingerprint density at radius 1 is 1.50 bits per heavy atom. The van der Waals surface area contributed by atoms with Gasteiger partial charge >= 0.3 is 5.97 Å². The van der Waals surface area contributed by atoms with Crippen LogP contribution in [0, 0.1) is 5.82 Å². The first-order valence-electron chi connectivity index (χ1n) is 5.67. The molecule has 0 aromatic heterocycles. The van der Waals surface area contributed by atoms with Gasteiger partial charge in [0.15, 0.2) is 15.7 Å². The number of hydrogen-bond acceptors (Lipinski definition) is 4. The van der Waals surface area contributed by atoms with Crippen molar-refractivity contribution in [2.24, 2.45) is 0 Å². The predicted molar refractivity (Wildman–Crippen MR) is 74.2 cm³/mol. The molecule has 0 spiro atoms. The molecule has 0 fully saturated rings. The normalized spacial score (nSPS) is 13.2. The van der Waals surface area contributed by atoms with Gasteiger partial charge in [-0.15, -0.1) is 0 Å². The first kappa shape index (κ1) is 17.1. The monoisotopic (exact) mass is 368 g/mol. The summed E-state index contributed by atoms with van der Waals surface area (Å²) < 4.78 is 43.6. The number of carboxylic acids is 1. The molecule has 112 valence electrons. The highest BCUT2D eigenvalue weighted by Crippen LogP contribution is 2.27. The number of benzene rings is 1. The highest BCUT2D eigenvalue weighted by molar-refractivity contribution is 9.10. The molecular weight excluding hydrogens is 355 g/mol. The van der Waals surface area contributed by atoms with Crippen LogP contribution >= 0.6 is 15.9 Å². The largest absolute Gasteiger partial charge is 0.478 e. The summed E-state index contributed by atoms with van der Waals surface area (Å²) in [5.74, 6) is -2.77. The van der Waals surface area contributed by atoms with Crippen molar-refractivity contribution in [2.45, 2.75) is 23.5 Å². The first-order chi connectivity index (χ1) is 9.21. The Hall–Kier alpha value is -0.990. The molecule has 1 unspecified atom stereocenters. The Morgan fingerprint density at radius 2 is 2.10 bits per heavy atom. The van der Waals surface area contributed by atoms with Gasteiger partial charge in [-0.3, -0.25) is 0 Å². The summed E-state index contributed by atoms with van der Waals surface area (Å²) in [5.41, 5.74) is -0.683. The smallest absolute Gasteiger partial charge is 0.338 e. The summed E-state index contributed by atoms with van der Waals surface area (Å²) in [5, 5.41) is 8.00. The van der Waals surface area contributed by atoms with Crippen LogP contribution in [-0.4, -0.2) is 38.5 Å². The molecule has 1 aromatic rings. The van der Waals surface area contributed by atoms with E-state index in [0.717, 1.165) is 12.1 Å². The third-order valence-electron chi connectivity index (χ3n) is 2.80. The van der Waals surface area contributed by atoms with Crippen LogP contribution in [0.25, 0.3) is 0 Å². The Bertz CT molecular complexity index is 615. The van der Waals surface area contributed by atoms with Gasteiger partial charge in [0.05, 0.1) is 10.8 Å². The van der Waals surface area contributed by atoms with Crippen LogP contribution < -0.4 is 0 Å². The number of carboxylic acid groups (broad SMARTS) is 1. The number of carbonyl (C=O) groups is 1. The number of halogens is 2. The van der Waals surface area contributed by atoms with E-state index >= 15 is 0 Å². The van der Waals surface area contributed by atoms with Crippen LogP contribution in [-0.2, 0) is 14.6 Å². The molecule has 5 nitrogen and oxygen atoms in total. The number of ether oxygens (including phenoxy) is 1. The van der Waals surface area contributed by atoms with Gasteiger partial charge in [-0.1, -0.05) is 15.9 Å². The van der Waals surface area contributed by atoms with E-state index in [0.29, 0.717) is 0 Å². The topological polar surface area (TPSA) is 80.7 Å². The Balaban J connectivity index is 3.35. The number of sulfone groups is 1. The standard InChI is InChI=1S/C12H14BrFO5S/c1-7(3-4-19-2)20(17,18)10-6-8(13)5-9(11(10)14)12(15)16/h5-7H,3-4H2,1-2H3,(H,15,16). The molecule has 0 heterocycles. The van der Waals surface area contributed by atoms with E-state index in [2.05, 4.69) is 15.9 Å². The quantitative estimate of drug-likeness (QED) is 0.833. The molecule has 0 bridgehead atoms. The van der Waals surface area contributed by atoms with Gasteiger partial charge in [0.2, 0.25) is 0 Å². The Kier molecular flexibility index (Phi) is 5.67. The highest BCUT2D eigenvalue weighted by atomic mass is 79.9. The number of hydrogen-bond donors (Lipinski definition) is 1. The van der Waals surface area contributed by atoms with E-state index in [9.17, 15) is 17.6 Å². The lowest BCUT2D eigenvalue weighted by Crippen LogP contribution is -2.22. The maximum atomic E-state index is 14.1. The third-order valence-corrected chi connectivity index (χ3v) is 5.46. The lowest BCUT2D eigenvalue weighted by molar-refractivity contribution is 0.0691. The lowest BCUT2D eigenvalue weighted by atomic mass is 10.2. The van der Waals surface area contributed by atoms with Crippen molar-refractivity contribution in [1.82, 2.24) is 0 Å². The minimum atomic E-state index is -3.97. The van der Waals surface area contributed by atoms with Crippen molar-refractivity contribution in [2.75, 3.05) is 13.7 Å². The van der Waals surface area contributed by atoms with E-state index in [-0.39, 0.29) is 17.5 Å². The summed E-state index contributed by atoms with van der Waals surface area (Å²) in [6.45, 7) is 1.64. The number of aromatic carboxylic acids is 1. The van der Waals surface area contributed by atoms with Crippen LogP contribution in [0.4, 0.5) is 4.39 Å². The second-order valence-corrected chi connectivity index (χ2v) is 7.46. The van der Waals surface area contributed by atoms with Crippen molar-refractivity contribution in [1.29, 1.82) is 0 Å². The summed E-state index contributed by atoms with van der Waals surface area (Å²) >= 11 is 2.99. The van der Waals surface area contributed by atoms with Crippen molar-refractivity contribution < 1.29 is 27.4 Å². The molecular formula is C12H14BrFO5S. The zero-order valence-electron chi connectivity index (χ0n) is 10.9. The second kappa shape index (κ2) is 6.64. The van der Waals surface area contributed by atoms with Gasteiger partial charge in [0.25, 0.3) is 0 Å². The van der Waals surface area contributed by atoms with Crippen LogP contribution in [0.15, 0.2) is 21.5 Å². The van der Waals surface area contributed by atoms with Crippen molar-refractivity contribution >= 4 is 31.7 Å². The zero-order valence-corrected chi connectivity index (χ0v) is 13.3. The van der Waals surface area contributed by atoms with E-state index in [1.54, 1.807) is 0 Å². The van der Waals surface area contributed by atoms with Crippen LogP contribution in [0.3, 0.4) is 0 Å². The third kappa shape index (κ3) is 3.56. The lowest BCUT2D eigenvalue weighted by Gasteiger charge is -2.14. The van der Waals surface area contributed by atoms with E-state index in [1.165, 1.54) is 14.0 Å². The van der Waals surface area contributed by atoms with Crippen LogP contribution in [0.5, 0.6) is 0 Å². The molecule has 1 N–H and O–H groups in total. The van der Waals surface area contributed by atoms with Crippen molar-refractivity contribution in [3.8, 4) is 0 Å². The first-order valence-corrected chi connectivity index (χ1v) is 8.01. The second-order valence-electron chi connectivity index (χ2n) is 4.21. The SMILES string of the molecule is COCCC(C)S(=O)(=O)c1cc(Br)cc(C(=O)O)c1F. The fourth-order valence-corrected chi connectivity index (χ4v) is 3.68. The Labute approximate surface area is 124 Å². The minimum Gasteiger partial charge on any atom is -0.478 e. The van der Waals surface area contributed by atoms with Crippen molar-refractivity contribution in [3.05, 3.63) is 28.0 Å². The fourth-order valence-electron chi connectivity index (χ4n) is 1.58. The van der Waals surface area contributed by atoms with E-state index < -0.39 is 37.3 Å². The summed E-state index contributed by atoms with van der Waals surface area (Å²) in [4.78, 5) is 10.3. The summed E-state index contributed by atoms with van der Waals surface area (Å²) in [7, 11) is -2.54. The van der Waals surface area contributed by atoms with E-state index in [4.69, 9.17) is 9.84 Å². The number of rotatable bonds is 6. The van der Waals surface area contributed by atoms with Gasteiger partial charge in [-0.2, -0.15) is 0 Å². The molecule has 1 aromatic carbocycles. The summed E-state index contributed by atoms with van der Waals surface area (Å²) in [6, 6.07) is 2.09. The zero-order chi connectivity index (χ0) is 15.5. The van der Waals surface area contributed by atoms with Gasteiger partial charge in [0, 0.05) is 18.2 Å². The molecule has 1 rings (SSSR count). The van der Waals surface area contributed by atoms with E-state index in [1.807, 2.05) is 0 Å². The molecule has 8 heteroatoms. The molecule has 0 aliphatic rings. The average Bonchev–Trinajstić information content (AvgIpc) is 2.37.